The molecule has 0 aromatic heterocycles. The van der Waals surface area contributed by atoms with Gasteiger partial charge in [-0.25, -0.2) is 0 Å². The van der Waals surface area contributed by atoms with Crippen molar-refractivity contribution >= 4 is 5.97 Å². The van der Waals surface area contributed by atoms with Gasteiger partial charge in [0.2, 0.25) is 0 Å². The van der Waals surface area contributed by atoms with Gasteiger partial charge < -0.3 is 19.9 Å². The van der Waals surface area contributed by atoms with Crippen molar-refractivity contribution in [3.8, 4) is 0 Å². The Hall–Kier alpha value is -0.910. The molecule has 0 bridgehead atoms. The molecular formula is C11H21NO4. The fourth-order valence-corrected chi connectivity index (χ4v) is 1.16. The third kappa shape index (κ3) is 6.55. The van der Waals surface area contributed by atoms with Crippen LogP contribution in [0.25, 0.3) is 0 Å². The van der Waals surface area contributed by atoms with Crippen molar-refractivity contribution in [1.29, 1.82) is 0 Å². The van der Waals surface area contributed by atoms with Crippen molar-refractivity contribution in [3.63, 3.8) is 0 Å². The van der Waals surface area contributed by atoms with Gasteiger partial charge >= 0.3 is 5.97 Å². The van der Waals surface area contributed by atoms with Crippen molar-refractivity contribution in [1.82, 2.24) is 5.32 Å². The summed E-state index contributed by atoms with van der Waals surface area (Å²) in [7, 11) is 1.34. The predicted octanol–water partition coefficient (Wildman–Crippen LogP) is 0.0911. The minimum Gasteiger partial charge on any atom is -0.468 e. The first kappa shape index (κ1) is 15.1. The van der Waals surface area contributed by atoms with Crippen LogP contribution in [0.15, 0.2) is 12.7 Å². The molecule has 0 heterocycles. The molecule has 0 aliphatic rings. The lowest BCUT2D eigenvalue weighted by atomic mass is 10.2. The summed E-state index contributed by atoms with van der Waals surface area (Å²) in [5.74, 6) is -0.318. The number of ether oxygens (including phenoxy) is 2. The molecule has 16 heavy (non-hydrogen) atoms. The van der Waals surface area contributed by atoms with Crippen LogP contribution in [0.2, 0.25) is 0 Å². The lowest BCUT2D eigenvalue weighted by Gasteiger charge is -2.17. The number of nitrogens with one attached hydrogen (secondary N) is 1. The molecule has 0 aromatic carbocycles. The third-order valence-electron chi connectivity index (χ3n) is 2.04. The smallest absolute Gasteiger partial charge is 0.322 e. The number of esters is 1. The topological polar surface area (TPSA) is 67.8 Å². The summed E-state index contributed by atoms with van der Waals surface area (Å²) in [4.78, 5) is 11.2. The van der Waals surface area contributed by atoms with Crippen LogP contribution in [0.3, 0.4) is 0 Å². The van der Waals surface area contributed by atoms with Gasteiger partial charge in [0.05, 0.1) is 26.4 Å². The van der Waals surface area contributed by atoms with E-state index in [1.54, 1.807) is 6.08 Å². The molecule has 0 aliphatic heterocycles. The normalized spacial score (nSPS) is 14.2. The molecule has 0 rings (SSSR count). The quantitative estimate of drug-likeness (QED) is 0.334. The number of hydrogen-bond acceptors (Lipinski definition) is 5. The van der Waals surface area contributed by atoms with Crippen LogP contribution in [-0.2, 0) is 14.3 Å². The number of hydrogen-bond donors (Lipinski definition) is 2. The van der Waals surface area contributed by atoms with Gasteiger partial charge in [0.1, 0.15) is 6.04 Å². The van der Waals surface area contributed by atoms with E-state index in [1.165, 1.54) is 7.11 Å². The highest BCUT2D eigenvalue weighted by Crippen LogP contribution is 1.94. The van der Waals surface area contributed by atoms with E-state index in [-0.39, 0.29) is 18.6 Å². The summed E-state index contributed by atoms with van der Waals surface area (Å²) in [5, 5.41) is 12.4. The zero-order valence-electron chi connectivity index (χ0n) is 9.94. The van der Waals surface area contributed by atoms with Crippen LogP contribution in [-0.4, -0.2) is 50.1 Å². The minimum atomic E-state index is -0.640. The average molecular weight is 231 g/mol. The number of aliphatic hydroxyl groups excluding tert-OH is 1. The van der Waals surface area contributed by atoms with Gasteiger partial charge in [-0.2, -0.15) is 0 Å². The Bertz CT molecular complexity index is 208. The van der Waals surface area contributed by atoms with Crippen LogP contribution in [0, 0.1) is 0 Å². The summed E-state index contributed by atoms with van der Waals surface area (Å²) in [6.07, 6.45) is 1.59. The first-order valence-corrected chi connectivity index (χ1v) is 5.33. The Balaban J connectivity index is 3.74. The Morgan fingerprint density at radius 3 is 2.81 bits per heavy atom. The molecule has 0 amide bonds. The third-order valence-corrected chi connectivity index (χ3v) is 2.04. The largest absolute Gasteiger partial charge is 0.468 e. The molecule has 2 atom stereocenters. The molecule has 5 heteroatoms. The second-order valence-electron chi connectivity index (χ2n) is 3.37. The lowest BCUT2D eigenvalue weighted by Crippen LogP contribution is -2.42. The first-order chi connectivity index (χ1) is 7.65. The number of aliphatic hydroxyl groups is 1. The highest BCUT2D eigenvalue weighted by molar-refractivity contribution is 5.75. The molecule has 0 fully saturated rings. The van der Waals surface area contributed by atoms with Gasteiger partial charge in [-0.15, -0.1) is 6.58 Å². The Morgan fingerprint density at radius 1 is 1.62 bits per heavy atom. The van der Waals surface area contributed by atoms with Crippen molar-refractivity contribution in [2.75, 3.05) is 26.9 Å². The first-order valence-electron chi connectivity index (χ1n) is 5.33. The number of rotatable bonds is 9. The predicted molar refractivity (Wildman–Crippen MR) is 61.1 cm³/mol. The molecule has 0 saturated heterocycles. The minimum absolute atomic E-state index is 0.219. The zero-order chi connectivity index (χ0) is 12.4. The van der Waals surface area contributed by atoms with Gasteiger partial charge in [0.15, 0.2) is 0 Å². The average Bonchev–Trinajstić information content (AvgIpc) is 2.29. The van der Waals surface area contributed by atoms with Crippen LogP contribution in [0.5, 0.6) is 0 Å². The summed E-state index contributed by atoms with van der Waals surface area (Å²) in [6, 6.07) is -0.376. The molecule has 0 spiro atoms. The van der Waals surface area contributed by atoms with Gasteiger partial charge in [-0.05, 0) is 6.42 Å². The Labute approximate surface area is 96.4 Å². The highest BCUT2D eigenvalue weighted by Gasteiger charge is 2.17. The van der Waals surface area contributed by atoms with Crippen LogP contribution in [0.1, 0.15) is 13.3 Å². The van der Waals surface area contributed by atoms with Crippen molar-refractivity contribution in [2.24, 2.45) is 0 Å². The van der Waals surface area contributed by atoms with E-state index in [1.807, 2.05) is 6.92 Å². The van der Waals surface area contributed by atoms with Gasteiger partial charge in [0, 0.05) is 6.54 Å². The molecule has 2 N–H and O–H groups in total. The number of carbonyl (C=O) groups is 1. The summed E-state index contributed by atoms with van der Waals surface area (Å²) in [5.41, 5.74) is 0. The highest BCUT2D eigenvalue weighted by atomic mass is 16.5. The van der Waals surface area contributed by atoms with E-state index in [2.05, 4.69) is 16.6 Å². The molecule has 94 valence electrons. The van der Waals surface area contributed by atoms with Gasteiger partial charge in [-0.1, -0.05) is 13.0 Å². The van der Waals surface area contributed by atoms with Crippen molar-refractivity contribution < 1.29 is 19.4 Å². The van der Waals surface area contributed by atoms with E-state index < -0.39 is 6.10 Å². The summed E-state index contributed by atoms with van der Waals surface area (Å²) < 4.78 is 9.68. The molecular weight excluding hydrogens is 210 g/mol. The van der Waals surface area contributed by atoms with Gasteiger partial charge in [-0.3, -0.25) is 4.79 Å². The van der Waals surface area contributed by atoms with Crippen LogP contribution >= 0.6 is 0 Å². The molecule has 2 unspecified atom stereocenters. The monoisotopic (exact) mass is 231 g/mol. The maximum atomic E-state index is 11.2. The van der Waals surface area contributed by atoms with Crippen molar-refractivity contribution in [2.45, 2.75) is 25.5 Å². The molecule has 5 nitrogen and oxygen atoms in total. The van der Waals surface area contributed by atoms with Crippen LogP contribution < -0.4 is 5.32 Å². The van der Waals surface area contributed by atoms with E-state index in [4.69, 9.17) is 4.74 Å². The maximum absolute atomic E-state index is 11.2. The standard InChI is InChI=1S/C11H21NO4/c1-4-6-16-8-9(13)7-12-10(5-2)11(14)15-3/h4,9-10,12-13H,1,5-8H2,2-3H3. The Kier molecular flexibility index (Phi) is 8.80. The molecule has 0 aliphatic carbocycles. The second kappa shape index (κ2) is 9.33. The summed E-state index contributed by atoms with van der Waals surface area (Å²) >= 11 is 0. The summed E-state index contributed by atoms with van der Waals surface area (Å²) in [6.45, 7) is 6.29. The Morgan fingerprint density at radius 2 is 2.31 bits per heavy atom. The maximum Gasteiger partial charge on any atom is 0.322 e. The zero-order valence-corrected chi connectivity index (χ0v) is 9.94. The fraction of sp³-hybridized carbons (Fsp3) is 0.727. The van der Waals surface area contributed by atoms with Gasteiger partial charge in [0.25, 0.3) is 0 Å². The molecule has 0 aromatic rings. The van der Waals surface area contributed by atoms with E-state index in [9.17, 15) is 9.90 Å². The molecule has 0 radical (unpaired) electrons. The van der Waals surface area contributed by atoms with E-state index in [0.717, 1.165) is 0 Å². The second-order valence-corrected chi connectivity index (χ2v) is 3.37. The van der Waals surface area contributed by atoms with Crippen LogP contribution in [0.4, 0.5) is 0 Å². The number of methoxy groups -OCH3 is 1. The fourth-order valence-electron chi connectivity index (χ4n) is 1.16. The van der Waals surface area contributed by atoms with Crippen molar-refractivity contribution in [3.05, 3.63) is 12.7 Å². The SMILES string of the molecule is C=CCOCC(O)CNC(CC)C(=O)OC. The number of carbonyl (C=O) groups excluding carboxylic acids is 1. The van der Waals surface area contributed by atoms with E-state index in [0.29, 0.717) is 19.6 Å². The van der Waals surface area contributed by atoms with E-state index >= 15 is 0 Å². The lowest BCUT2D eigenvalue weighted by molar-refractivity contribution is -0.143. The molecule has 0 saturated carbocycles.